The van der Waals surface area contributed by atoms with Crippen molar-refractivity contribution in [3.05, 3.63) is 0 Å². The third kappa shape index (κ3) is 3.76. The Morgan fingerprint density at radius 3 is 2.43 bits per heavy atom. The van der Waals surface area contributed by atoms with Crippen molar-refractivity contribution >= 4 is 5.97 Å². The van der Waals surface area contributed by atoms with Gasteiger partial charge < -0.3 is 14.7 Å². The summed E-state index contributed by atoms with van der Waals surface area (Å²) in [6.07, 6.45) is 6.54. The van der Waals surface area contributed by atoms with Gasteiger partial charge in [-0.25, -0.2) is 0 Å². The number of hydrogen-bond acceptors (Lipinski definition) is 4. The Bertz CT molecular complexity index is 349. The van der Waals surface area contributed by atoms with Crippen LogP contribution in [0.4, 0.5) is 0 Å². The Labute approximate surface area is 127 Å². The summed E-state index contributed by atoms with van der Waals surface area (Å²) in [5, 5.41) is 9.32. The summed E-state index contributed by atoms with van der Waals surface area (Å²) in [4.78, 5) is 16.2. The summed E-state index contributed by atoms with van der Waals surface area (Å²) in [6, 6.07) is 0.261. The van der Waals surface area contributed by atoms with Crippen molar-refractivity contribution < 1.29 is 14.6 Å². The molecule has 3 saturated heterocycles. The van der Waals surface area contributed by atoms with Crippen LogP contribution in [0.25, 0.3) is 0 Å². The number of carboxylic acid groups (broad SMARTS) is 1. The van der Waals surface area contributed by atoms with Gasteiger partial charge in [0.15, 0.2) is 0 Å². The van der Waals surface area contributed by atoms with Gasteiger partial charge in [0.2, 0.25) is 0 Å². The van der Waals surface area contributed by atoms with Crippen molar-refractivity contribution in [2.24, 2.45) is 5.92 Å². The first kappa shape index (κ1) is 15.3. The predicted octanol–water partition coefficient (Wildman–Crippen LogP) is 1.43. The van der Waals surface area contributed by atoms with Crippen LogP contribution in [0.1, 0.15) is 38.5 Å². The maximum absolute atomic E-state index is 11.3. The molecule has 1 unspecified atom stereocenters. The lowest BCUT2D eigenvalue weighted by Crippen LogP contribution is -2.49. The topological polar surface area (TPSA) is 53.0 Å². The Morgan fingerprint density at radius 2 is 1.76 bits per heavy atom. The van der Waals surface area contributed by atoms with E-state index in [1.807, 2.05) is 0 Å². The van der Waals surface area contributed by atoms with E-state index in [0.717, 1.165) is 64.4 Å². The molecule has 0 bridgehead atoms. The smallest absolute Gasteiger partial charge is 0.320 e. The molecule has 0 aromatic rings. The summed E-state index contributed by atoms with van der Waals surface area (Å²) < 4.78 is 5.43. The third-order valence-corrected chi connectivity index (χ3v) is 5.46. The second kappa shape index (κ2) is 7.07. The molecule has 21 heavy (non-hydrogen) atoms. The molecule has 3 fully saturated rings. The van der Waals surface area contributed by atoms with Crippen molar-refractivity contribution in [2.45, 2.75) is 50.6 Å². The standard InChI is InChI=1S/C16H28N2O3/c19-16(20)15-2-1-7-18(15)14-3-8-17(9-4-14)12-13-5-10-21-11-6-13/h13-15H,1-12H2,(H,19,20). The molecule has 0 aromatic heterocycles. The lowest BCUT2D eigenvalue weighted by atomic mass is 9.96. The molecular weight excluding hydrogens is 268 g/mol. The number of carbonyl (C=O) groups is 1. The normalized spacial score (nSPS) is 30.8. The SMILES string of the molecule is O=C(O)C1CCCN1C1CCN(CC2CCOCC2)CC1. The fourth-order valence-electron chi connectivity index (χ4n) is 4.22. The zero-order chi connectivity index (χ0) is 14.7. The molecule has 0 aromatic carbocycles. The molecule has 0 saturated carbocycles. The number of carboxylic acids is 1. The summed E-state index contributed by atoms with van der Waals surface area (Å²) in [5.41, 5.74) is 0. The Kier molecular flexibility index (Phi) is 5.14. The number of ether oxygens (including phenoxy) is 1. The van der Waals surface area contributed by atoms with Crippen molar-refractivity contribution in [1.82, 2.24) is 9.80 Å². The zero-order valence-corrected chi connectivity index (χ0v) is 12.9. The molecule has 120 valence electrons. The van der Waals surface area contributed by atoms with Crippen molar-refractivity contribution in [2.75, 3.05) is 39.4 Å². The first-order valence-corrected chi connectivity index (χ1v) is 8.52. The van der Waals surface area contributed by atoms with E-state index in [1.54, 1.807) is 0 Å². The van der Waals surface area contributed by atoms with E-state index in [-0.39, 0.29) is 6.04 Å². The van der Waals surface area contributed by atoms with Crippen LogP contribution in [0, 0.1) is 5.92 Å². The van der Waals surface area contributed by atoms with Gasteiger partial charge in [0.1, 0.15) is 6.04 Å². The van der Waals surface area contributed by atoms with Gasteiger partial charge in [0.05, 0.1) is 0 Å². The van der Waals surface area contributed by atoms with Gasteiger partial charge in [0, 0.05) is 25.8 Å². The van der Waals surface area contributed by atoms with E-state index in [0.29, 0.717) is 6.04 Å². The molecular formula is C16H28N2O3. The number of rotatable bonds is 4. The second-order valence-electron chi connectivity index (χ2n) is 6.82. The maximum Gasteiger partial charge on any atom is 0.320 e. The number of piperidine rings is 1. The summed E-state index contributed by atoms with van der Waals surface area (Å²) in [5.74, 6) is 0.172. The van der Waals surface area contributed by atoms with Gasteiger partial charge in [0.25, 0.3) is 0 Å². The lowest BCUT2D eigenvalue weighted by Gasteiger charge is -2.39. The van der Waals surface area contributed by atoms with E-state index < -0.39 is 5.97 Å². The van der Waals surface area contributed by atoms with Gasteiger partial charge in [-0.1, -0.05) is 0 Å². The Morgan fingerprint density at radius 1 is 1.05 bits per heavy atom. The molecule has 0 aliphatic carbocycles. The minimum atomic E-state index is -0.628. The highest BCUT2D eigenvalue weighted by atomic mass is 16.5. The van der Waals surface area contributed by atoms with Crippen LogP contribution in [0.5, 0.6) is 0 Å². The van der Waals surface area contributed by atoms with Crippen LogP contribution in [0.2, 0.25) is 0 Å². The van der Waals surface area contributed by atoms with Crippen LogP contribution in [-0.2, 0) is 9.53 Å². The first-order chi connectivity index (χ1) is 10.2. The molecule has 0 amide bonds. The summed E-state index contributed by atoms with van der Waals surface area (Å²) in [7, 11) is 0. The average Bonchev–Trinajstić information content (AvgIpc) is 2.99. The zero-order valence-electron chi connectivity index (χ0n) is 12.9. The van der Waals surface area contributed by atoms with E-state index >= 15 is 0 Å². The average molecular weight is 296 g/mol. The Hall–Kier alpha value is -0.650. The molecule has 0 radical (unpaired) electrons. The van der Waals surface area contributed by atoms with Gasteiger partial charge in [-0.2, -0.15) is 0 Å². The van der Waals surface area contributed by atoms with E-state index in [9.17, 15) is 9.90 Å². The third-order valence-electron chi connectivity index (χ3n) is 5.46. The minimum Gasteiger partial charge on any atom is -0.480 e. The molecule has 1 atom stereocenters. The van der Waals surface area contributed by atoms with Gasteiger partial charge in [-0.15, -0.1) is 0 Å². The number of aliphatic carboxylic acids is 1. The lowest BCUT2D eigenvalue weighted by molar-refractivity contribution is -0.143. The van der Waals surface area contributed by atoms with E-state index in [2.05, 4.69) is 9.80 Å². The molecule has 5 heteroatoms. The predicted molar refractivity (Wildman–Crippen MR) is 80.4 cm³/mol. The number of nitrogens with zero attached hydrogens (tertiary/aromatic N) is 2. The monoisotopic (exact) mass is 296 g/mol. The summed E-state index contributed by atoms with van der Waals surface area (Å²) >= 11 is 0. The molecule has 3 aliphatic heterocycles. The molecule has 0 spiro atoms. The van der Waals surface area contributed by atoms with Crippen LogP contribution in [-0.4, -0.2) is 72.4 Å². The highest BCUT2D eigenvalue weighted by Gasteiger charge is 2.36. The van der Waals surface area contributed by atoms with Crippen molar-refractivity contribution in [3.63, 3.8) is 0 Å². The fraction of sp³-hybridized carbons (Fsp3) is 0.938. The number of hydrogen-bond donors (Lipinski definition) is 1. The quantitative estimate of drug-likeness (QED) is 0.850. The van der Waals surface area contributed by atoms with E-state index in [4.69, 9.17) is 4.74 Å². The van der Waals surface area contributed by atoms with E-state index in [1.165, 1.54) is 19.4 Å². The van der Waals surface area contributed by atoms with Crippen LogP contribution in [0.3, 0.4) is 0 Å². The van der Waals surface area contributed by atoms with Crippen LogP contribution < -0.4 is 0 Å². The molecule has 1 N–H and O–H groups in total. The second-order valence-corrected chi connectivity index (χ2v) is 6.82. The molecule has 3 aliphatic rings. The molecule has 3 rings (SSSR count). The van der Waals surface area contributed by atoms with Gasteiger partial charge >= 0.3 is 5.97 Å². The Balaban J connectivity index is 1.45. The maximum atomic E-state index is 11.3. The molecule has 3 heterocycles. The van der Waals surface area contributed by atoms with Crippen molar-refractivity contribution in [3.8, 4) is 0 Å². The largest absolute Gasteiger partial charge is 0.480 e. The first-order valence-electron chi connectivity index (χ1n) is 8.52. The van der Waals surface area contributed by atoms with Crippen LogP contribution in [0.15, 0.2) is 0 Å². The highest BCUT2D eigenvalue weighted by molar-refractivity contribution is 5.73. The minimum absolute atomic E-state index is 0.225. The summed E-state index contributed by atoms with van der Waals surface area (Å²) in [6.45, 7) is 6.29. The number of likely N-dealkylation sites (tertiary alicyclic amines) is 2. The fourth-order valence-corrected chi connectivity index (χ4v) is 4.22. The highest BCUT2D eigenvalue weighted by Crippen LogP contribution is 2.27. The van der Waals surface area contributed by atoms with Gasteiger partial charge in [-0.05, 0) is 64.1 Å². The van der Waals surface area contributed by atoms with Gasteiger partial charge in [-0.3, -0.25) is 9.69 Å². The van der Waals surface area contributed by atoms with Crippen molar-refractivity contribution in [1.29, 1.82) is 0 Å². The molecule has 5 nitrogen and oxygen atoms in total. The van der Waals surface area contributed by atoms with Crippen LogP contribution >= 0.6 is 0 Å².